The fourth-order valence-electron chi connectivity index (χ4n) is 1.71. The first-order chi connectivity index (χ1) is 9.08. The Morgan fingerprint density at radius 1 is 1.47 bits per heavy atom. The molecule has 2 rings (SSSR count). The molecule has 1 heterocycles. The summed E-state index contributed by atoms with van der Waals surface area (Å²) in [5.74, 6) is -0.0629. The second kappa shape index (κ2) is 5.43. The number of nitrogen functional groups attached to an aromatic ring is 1. The van der Waals surface area contributed by atoms with Gasteiger partial charge in [0.05, 0.1) is 24.1 Å². The van der Waals surface area contributed by atoms with Crippen LogP contribution in [0.3, 0.4) is 0 Å². The summed E-state index contributed by atoms with van der Waals surface area (Å²) in [6.45, 7) is 0.553. The smallest absolute Gasteiger partial charge is 0.255 e. The van der Waals surface area contributed by atoms with E-state index in [0.29, 0.717) is 23.5 Å². The molecule has 4 N–H and O–H groups in total. The summed E-state index contributed by atoms with van der Waals surface area (Å²) in [5, 5.41) is 3.19. The van der Waals surface area contributed by atoms with Crippen molar-refractivity contribution in [3.05, 3.63) is 42.0 Å². The Hall–Kier alpha value is -2.50. The quantitative estimate of drug-likeness (QED) is 0.722. The molecule has 1 amide bonds. The molecule has 0 atom stereocenters. The van der Waals surface area contributed by atoms with Crippen molar-refractivity contribution in [1.82, 2.24) is 14.9 Å². The van der Waals surface area contributed by atoms with E-state index in [9.17, 15) is 4.79 Å². The van der Waals surface area contributed by atoms with Gasteiger partial charge in [0.15, 0.2) is 0 Å². The molecule has 0 aliphatic heterocycles. The number of carbonyl (C=O) groups excluding carboxylic acids is 1. The normalized spacial score (nSPS) is 10.2. The average Bonchev–Trinajstić information content (AvgIpc) is 2.88. The molecular weight excluding hydrogens is 242 g/mol. The highest BCUT2D eigenvalue weighted by molar-refractivity contribution is 5.99. The van der Waals surface area contributed by atoms with Crippen molar-refractivity contribution in [3.8, 4) is 0 Å². The molecule has 0 aliphatic rings. The van der Waals surface area contributed by atoms with Crippen molar-refractivity contribution in [2.45, 2.75) is 6.54 Å². The molecule has 0 saturated carbocycles. The number of H-pyrrole nitrogens is 1. The van der Waals surface area contributed by atoms with E-state index in [4.69, 9.17) is 5.73 Å². The van der Waals surface area contributed by atoms with Gasteiger partial charge in [-0.15, -0.1) is 0 Å². The SMILES string of the molecule is CN(C)C(=O)c1ccc(N)cc1NCc1cnc[nH]1. The molecule has 0 unspecified atom stereocenters. The number of nitrogens with zero attached hydrogens (tertiary/aromatic N) is 2. The second-order valence-electron chi connectivity index (χ2n) is 4.44. The lowest BCUT2D eigenvalue weighted by molar-refractivity contribution is 0.0828. The Morgan fingerprint density at radius 3 is 2.89 bits per heavy atom. The fraction of sp³-hybridized carbons (Fsp3) is 0.231. The standard InChI is InChI=1S/C13H17N5O/c1-18(2)13(19)11-4-3-9(14)5-12(11)16-7-10-6-15-8-17-10/h3-6,8,16H,7,14H2,1-2H3,(H,15,17). The molecule has 0 saturated heterocycles. The van der Waals surface area contributed by atoms with E-state index in [1.165, 1.54) is 4.90 Å². The number of nitrogens with two attached hydrogens (primary N) is 1. The first-order valence-corrected chi connectivity index (χ1v) is 5.90. The molecule has 0 radical (unpaired) electrons. The highest BCUT2D eigenvalue weighted by atomic mass is 16.2. The van der Waals surface area contributed by atoms with Crippen molar-refractivity contribution < 1.29 is 4.79 Å². The van der Waals surface area contributed by atoms with E-state index in [-0.39, 0.29) is 5.91 Å². The van der Waals surface area contributed by atoms with Gasteiger partial charge >= 0.3 is 0 Å². The average molecular weight is 259 g/mol. The fourth-order valence-corrected chi connectivity index (χ4v) is 1.71. The molecule has 6 heteroatoms. The van der Waals surface area contributed by atoms with Crippen molar-refractivity contribution >= 4 is 17.3 Å². The van der Waals surface area contributed by atoms with Crippen molar-refractivity contribution in [2.75, 3.05) is 25.1 Å². The number of anilines is 2. The lowest BCUT2D eigenvalue weighted by Crippen LogP contribution is -2.23. The van der Waals surface area contributed by atoms with Crippen LogP contribution >= 0.6 is 0 Å². The maximum Gasteiger partial charge on any atom is 0.255 e. The largest absolute Gasteiger partial charge is 0.399 e. The number of hydrogen-bond donors (Lipinski definition) is 3. The lowest BCUT2D eigenvalue weighted by atomic mass is 10.1. The number of nitrogens with one attached hydrogen (secondary N) is 2. The van der Waals surface area contributed by atoms with Crippen LogP contribution in [-0.4, -0.2) is 34.9 Å². The topological polar surface area (TPSA) is 87.0 Å². The molecule has 1 aromatic carbocycles. The summed E-state index contributed by atoms with van der Waals surface area (Å²) in [6, 6.07) is 5.21. The zero-order valence-electron chi connectivity index (χ0n) is 11.0. The van der Waals surface area contributed by atoms with Crippen molar-refractivity contribution in [2.24, 2.45) is 0 Å². The Bertz CT molecular complexity index is 562. The van der Waals surface area contributed by atoms with Gasteiger partial charge in [-0.25, -0.2) is 4.98 Å². The van der Waals surface area contributed by atoms with Gasteiger partial charge in [-0.05, 0) is 18.2 Å². The molecule has 1 aromatic heterocycles. The van der Waals surface area contributed by atoms with Gasteiger partial charge < -0.3 is 20.9 Å². The summed E-state index contributed by atoms with van der Waals surface area (Å²) in [4.78, 5) is 20.5. The van der Waals surface area contributed by atoms with E-state index in [1.807, 2.05) is 0 Å². The maximum absolute atomic E-state index is 12.1. The molecule has 0 aliphatic carbocycles. The minimum atomic E-state index is -0.0629. The molecule has 6 nitrogen and oxygen atoms in total. The molecular formula is C13H17N5O. The number of rotatable bonds is 4. The van der Waals surface area contributed by atoms with Crippen LogP contribution in [0, 0.1) is 0 Å². The van der Waals surface area contributed by atoms with E-state index in [2.05, 4.69) is 15.3 Å². The van der Waals surface area contributed by atoms with Crippen LogP contribution < -0.4 is 11.1 Å². The summed E-state index contributed by atoms with van der Waals surface area (Å²) in [6.07, 6.45) is 3.34. The molecule has 100 valence electrons. The summed E-state index contributed by atoms with van der Waals surface area (Å²) >= 11 is 0. The Balaban J connectivity index is 2.22. The first-order valence-electron chi connectivity index (χ1n) is 5.90. The summed E-state index contributed by atoms with van der Waals surface area (Å²) in [7, 11) is 3.44. The lowest BCUT2D eigenvalue weighted by Gasteiger charge is -2.15. The molecule has 2 aromatic rings. The van der Waals surface area contributed by atoms with Crippen LogP contribution in [0.4, 0.5) is 11.4 Å². The Labute approximate surface area is 111 Å². The summed E-state index contributed by atoms with van der Waals surface area (Å²) in [5.41, 5.74) is 8.63. The third kappa shape index (κ3) is 3.04. The van der Waals surface area contributed by atoms with Crippen molar-refractivity contribution in [1.29, 1.82) is 0 Å². The predicted molar refractivity (Wildman–Crippen MR) is 74.8 cm³/mol. The van der Waals surface area contributed by atoms with Gasteiger partial charge in [0, 0.05) is 31.7 Å². The van der Waals surface area contributed by atoms with E-state index in [1.54, 1.807) is 44.8 Å². The Morgan fingerprint density at radius 2 is 2.26 bits per heavy atom. The van der Waals surface area contributed by atoms with Crippen molar-refractivity contribution in [3.63, 3.8) is 0 Å². The Kier molecular flexibility index (Phi) is 3.70. The third-order valence-corrected chi connectivity index (χ3v) is 2.70. The minimum absolute atomic E-state index is 0.0629. The number of amides is 1. The van der Waals surface area contributed by atoms with Gasteiger partial charge in [0.2, 0.25) is 0 Å². The van der Waals surface area contributed by atoms with Crippen LogP contribution in [0.5, 0.6) is 0 Å². The number of aromatic nitrogens is 2. The monoisotopic (exact) mass is 259 g/mol. The minimum Gasteiger partial charge on any atom is -0.399 e. The van der Waals surface area contributed by atoms with Crippen LogP contribution in [0.2, 0.25) is 0 Å². The van der Waals surface area contributed by atoms with Crippen LogP contribution in [0.25, 0.3) is 0 Å². The van der Waals surface area contributed by atoms with Gasteiger partial charge in [0.25, 0.3) is 5.91 Å². The zero-order chi connectivity index (χ0) is 13.8. The molecule has 0 spiro atoms. The predicted octanol–water partition coefficient (Wildman–Crippen LogP) is 1.31. The third-order valence-electron chi connectivity index (χ3n) is 2.70. The first kappa shape index (κ1) is 12.9. The molecule has 0 bridgehead atoms. The van der Waals surface area contributed by atoms with Gasteiger partial charge in [-0.1, -0.05) is 0 Å². The highest BCUT2D eigenvalue weighted by Gasteiger charge is 2.13. The van der Waals surface area contributed by atoms with Gasteiger partial charge in [-0.2, -0.15) is 0 Å². The van der Waals surface area contributed by atoms with E-state index < -0.39 is 0 Å². The van der Waals surface area contributed by atoms with Gasteiger partial charge in [-0.3, -0.25) is 4.79 Å². The van der Waals surface area contributed by atoms with Crippen LogP contribution in [0.1, 0.15) is 16.1 Å². The zero-order valence-corrected chi connectivity index (χ0v) is 11.0. The van der Waals surface area contributed by atoms with E-state index >= 15 is 0 Å². The number of imidazole rings is 1. The number of benzene rings is 1. The van der Waals surface area contributed by atoms with Gasteiger partial charge in [0.1, 0.15) is 0 Å². The van der Waals surface area contributed by atoms with Crippen LogP contribution in [0.15, 0.2) is 30.7 Å². The van der Waals surface area contributed by atoms with Crippen LogP contribution in [-0.2, 0) is 6.54 Å². The molecule has 19 heavy (non-hydrogen) atoms. The number of carbonyl (C=O) groups is 1. The maximum atomic E-state index is 12.1. The van der Waals surface area contributed by atoms with E-state index in [0.717, 1.165) is 5.69 Å². The highest BCUT2D eigenvalue weighted by Crippen LogP contribution is 2.21. The second-order valence-corrected chi connectivity index (χ2v) is 4.44. The number of hydrogen-bond acceptors (Lipinski definition) is 4. The molecule has 0 fully saturated rings. The summed E-state index contributed by atoms with van der Waals surface area (Å²) < 4.78 is 0. The number of aromatic amines is 1.